The molecule has 1 nitrogen and oxygen atoms in total. The maximum atomic E-state index is 4.35. The van der Waals surface area contributed by atoms with Gasteiger partial charge in [-0.2, -0.15) is 0 Å². The number of aliphatic imine (C=N–C) groups is 1. The summed E-state index contributed by atoms with van der Waals surface area (Å²) in [4.78, 5) is 5.06. The second-order valence-corrected chi connectivity index (χ2v) is 5.02. The summed E-state index contributed by atoms with van der Waals surface area (Å²) in [5, 5.41) is 2.22. The molecule has 0 radical (unpaired) electrons. The monoisotopic (exact) mass is 247 g/mol. The van der Waals surface area contributed by atoms with E-state index in [1.54, 1.807) is 11.3 Å². The molecule has 0 N–H and O–H groups in total. The normalized spacial score (nSPS) is 11.4. The number of allylic oxidation sites excluding steroid dienone is 1. The van der Waals surface area contributed by atoms with Gasteiger partial charge in [0.1, 0.15) is 5.00 Å². The van der Waals surface area contributed by atoms with E-state index in [1.165, 1.54) is 15.6 Å². The number of fused-ring (bicyclic) bond motifs is 1. The van der Waals surface area contributed by atoms with Gasteiger partial charge in [-0.15, -0.1) is 24.0 Å². The van der Waals surface area contributed by atoms with Crippen LogP contribution in [0.5, 0.6) is 0 Å². The van der Waals surface area contributed by atoms with Gasteiger partial charge in [0.05, 0.1) is 0 Å². The van der Waals surface area contributed by atoms with E-state index in [1.807, 2.05) is 6.07 Å². The smallest absolute Gasteiger partial charge is 0.123 e. The quantitative estimate of drug-likeness (QED) is 0.582. The molecule has 2 rings (SSSR count). The van der Waals surface area contributed by atoms with Gasteiger partial charge < -0.3 is 0 Å². The van der Waals surface area contributed by atoms with Crippen LogP contribution < -0.4 is 0 Å². The molecule has 1 aromatic heterocycles. The summed E-state index contributed by atoms with van der Waals surface area (Å²) in [5.41, 5.74) is 1.17. The van der Waals surface area contributed by atoms with E-state index in [0.717, 1.165) is 16.3 Å². The van der Waals surface area contributed by atoms with Crippen molar-refractivity contribution in [3.05, 3.63) is 29.8 Å². The van der Waals surface area contributed by atoms with Crippen LogP contribution in [0.25, 0.3) is 16.2 Å². The van der Waals surface area contributed by atoms with E-state index < -0.39 is 0 Å². The molecule has 0 unspecified atom stereocenters. The Labute approximate surface area is 105 Å². The van der Waals surface area contributed by atoms with E-state index in [4.69, 9.17) is 0 Å². The fourth-order valence-corrected chi connectivity index (χ4v) is 2.93. The highest BCUT2D eigenvalue weighted by molar-refractivity contribution is 7.80. The van der Waals surface area contributed by atoms with Gasteiger partial charge >= 0.3 is 0 Å². The Hall–Kier alpha value is -1.06. The van der Waals surface area contributed by atoms with Crippen molar-refractivity contribution in [1.29, 1.82) is 0 Å². The lowest BCUT2D eigenvalue weighted by molar-refractivity contribution is 1.23. The number of benzene rings is 1. The van der Waals surface area contributed by atoms with Gasteiger partial charge in [0.2, 0.25) is 0 Å². The first-order chi connectivity index (χ1) is 7.76. The van der Waals surface area contributed by atoms with Crippen LogP contribution in [0.2, 0.25) is 0 Å². The molecule has 0 fully saturated rings. The van der Waals surface area contributed by atoms with Crippen molar-refractivity contribution in [2.45, 2.75) is 18.2 Å². The molecule has 2 aromatic rings. The minimum Gasteiger partial charge on any atom is -0.253 e. The van der Waals surface area contributed by atoms with Crippen molar-refractivity contribution in [3.63, 3.8) is 0 Å². The molecule has 1 aromatic carbocycles. The average molecular weight is 247 g/mol. The first-order valence-corrected chi connectivity index (χ1v) is 6.41. The van der Waals surface area contributed by atoms with Gasteiger partial charge in [-0.1, -0.05) is 25.1 Å². The lowest BCUT2D eigenvalue weighted by Crippen LogP contribution is -1.70. The van der Waals surface area contributed by atoms with Crippen LogP contribution in [0.15, 0.2) is 34.2 Å². The average Bonchev–Trinajstić information content (AvgIpc) is 2.63. The second-order valence-electron chi connectivity index (χ2n) is 3.47. The highest BCUT2D eigenvalue weighted by Crippen LogP contribution is 2.39. The zero-order valence-electron chi connectivity index (χ0n) is 9.10. The molecule has 0 aliphatic carbocycles. The third-order valence-electron chi connectivity index (χ3n) is 2.36. The predicted octanol–water partition coefficient (Wildman–Crippen LogP) is 4.95. The minimum atomic E-state index is 0.982. The number of hydrogen-bond donors (Lipinski definition) is 1. The number of nitrogens with zero attached hydrogens (tertiary/aromatic N) is 1. The molecule has 3 heteroatoms. The molecule has 0 saturated heterocycles. The maximum absolute atomic E-state index is 4.35. The molecule has 82 valence electrons. The number of thiophene rings is 1. The number of rotatable bonds is 3. The summed E-state index contributed by atoms with van der Waals surface area (Å²) in [6.07, 6.45) is 5.30. The van der Waals surface area contributed by atoms with E-state index >= 15 is 0 Å². The fraction of sp³-hybridized carbons (Fsp3) is 0.154. The van der Waals surface area contributed by atoms with Gasteiger partial charge in [0.25, 0.3) is 0 Å². The van der Waals surface area contributed by atoms with Gasteiger partial charge in [-0.3, -0.25) is 4.99 Å². The lowest BCUT2D eigenvalue weighted by atomic mass is 10.1. The highest BCUT2D eigenvalue weighted by Gasteiger charge is 2.08. The van der Waals surface area contributed by atoms with Crippen molar-refractivity contribution in [2.24, 2.45) is 4.99 Å². The number of thiol groups is 1. The van der Waals surface area contributed by atoms with Gasteiger partial charge in [0.15, 0.2) is 0 Å². The van der Waals surface area contributed by atoms with Gasteiger partial charge in [-0.25, -0.2) is 0 Å². The summed E-state index contributed by atoms with van der Waals surface area (Å²) in [6, 6.07) is 6.17. The molecule has 0 aliphatic heterocycles. The van der Waals surface area contributed by atoms with Crippen molar-refractivity contribution < 1.29 is 0 Å². The summed E-state index contributed by atoms with van der Waals surface area (Å²) in [6.45, 7) is 5.75. The van der Waals surface area contributed by atoms with Crippen LogP contribution in [0, 0.1) is 0 Å². The van der Waals surface area contributed by atoms with Crippen molar-refractivity contribution in [1.82, 2.24) is 0 Å². The Bertz CT molecular complexity index is 552. The Morgan fingerprint density at radius 2 is 2.31 bits per heavy atom. The zero-order chi connectivity index (χ0) is 11.5. The van der Waals surface area contributed by atoms with Gasteiger partial charge in [0, 0.05) is 20.5 Å². The van der Waals surface area contributed by atoms with E-state index in [-0.39, 0.29) is 0 Å². The molecule has 1 heterocycles. The van der Waals surface area contributed by atoms with Crippen LogP contribution in [0.3, 0.4) is 0 Å². The highest BCUT2D eigenvalue weighted by atomic mass is 32.1. The van der Waals surface area contributed by atoms with E-state index in [9.17, 15) is 0 Å². The molecule has 0 amide bonds. The maximum Gasteiger partial charge on any atom is 0.123 e. The van der Waals surface area contributed by atoms with Crippen molar-refractivity contribution in [3.8, 4) is 0 Å². The summed E-state index contributed by atoms with van der Waals surface area (Å²) in [7, 11) is 0. The lowest BCUT2D eigenvalue weighted by Gasteiger charge is -1.94. The Balaban J connectivity index is 2.68. The van der Waals surface area contributed by atoms with E-state index in [2.05, 4.69) is 55.5 Å². The second kappa shape index (κ2) is 4.85. The van der Waals surface area contributed by atoms with E-state index in [0.29, 0.717) is 0 Å². The van der Waals surface area contributed by atoms with Crippen molar-refractivity contribution >= 4 is 51.8 Å². The fourth-order valence-electron chi connectivity index (χ4n) is 1.61. The van der Waals surface area contributed by atoms with Crippen molar-refractivity contribution in [2.75, 3.05) is 0 Å². The van der Waals surface area contributed by atoms with Crippen LogP contribution in [-0.4, -0.2) is 6.72 Å². The first kappa shape index (κ1) is 11.4. The molecule has 0 bridgehead atoms. The number of hydrogen-bond acceptors (Lipinski definition) is 3. The van der Waals surface area contributed by atoms with Crippen LogP contribution in [0.1, 0.15) is 18.9 Å². The van der Waals surface area contributed by atoms with Crippen LogP contribution >= 0.6 is 24.0 Å². The molecule has 16 heavy (non-hydrogen) atoms. The Morgan fingerprint density at radius 1 is 1.50 bits per heavy atom. The Kier molecular flexibility index (Phi) is 3.46. The molecular formula is C13H13NS2. The first-order valence-electron chi connectivity index (χ1n) is 5.15. The summed E-state index contributed by atoms with van der Waals surface area (Å²) >= 11 is 6.01. The minimum absolute atomic E-state index is 0.982. The zero-order valence-corrected chi connectivity index (χ0v) is 10.8. The SMILES string of the molecule is C=Nc1sc2cc(S)ccc2c1/C=C\CC. The molecular weight excluding hydrogens is 234 g/mol. The third-order valence-corrected chi connectivity index (χ3v) is 3.73. The molecule has 0 spiro atoms. The molecule has 0 aliphatic rings. The third kappa shape index (κ3) is 2.06. The topological polar surface area (TPSA) is 12.4 Å². The molecule has 0 saturated carbocycles. The van der Waals surface area contributed by atoms with Crippen LogP contribution in [-0.2, 0) is 0 Å². The van der Waals surface area contributed by atoms with Crippen LogP contribution in [0.4, 0.5) is 5.00 Å². The Morgan fingerprint density at radius 3 is 3.00 bits per heavy atom. The predicted molar refractivity (Wildman–Crippen MR) is 77.6 cm³/mol. The largest absolute Gasteiger partial charge is 0.253 e. The molecule has 0 atom stereocenters. The van der Waals surface area contributed by atoms with Gasteiger partial charge in [-0.05, 0) is 25.3 Å². The summed E-state index contributed by atoms with van der Waals surface area (Å²) in [5.74, 6) is 0. The summed E-state index contributed by atoms with van der Waals surface area (Å²) < 4.78 is 1.21. The standard InChI is InChI=1S/C13H13NS2/c1-3-4-5-11-10-7-6-9(15)8-12(10)16-13(11)14-2/h4-8,15H,2-3H2,1H3/b5-4-.